The molecule has 0 radical (unpaired) electrons. The highest BCUT2D eigenvalue weighted by Crippen LogP contribution is 2.18. The summed E-state index contributed by atoms with van der Waals surface area (Å²) in [5, 5.41) is 8.89. The monoisotopic (exact) mass is 459 g/mol. The Morgan fingerprint density at radius 3 is 2.67 bits per heavy atom. The van der Waals surface area contributed by atoms with Crippen molar-refractivity contribution in [2.24, 2.45) is 4.99 Å². The maximum Gasteiger partial charge on any atom is 0.191 e. The van der Waals surface area contributed by atoms with Gasteiger partial charge in [0.1, 0.15) is 0 Å². The van der Waals surface area contributed by atoms with E-state index < -0.39 is 9.84 Å². The van der Waals surface area contributed by atoms with Crippen LogP contribution in [0, 0.1) is 0 Å². The maximum absolute atomic E-state index is 11.5. The van der Waals surface area contributed by atoms with E-state index in [-0.39, 0.29) is 41.5 Å². The lowest BCUT2D eigenvalue weighted by Gasteiger charge is -2.16. The molecule has 2 N–H and O–H groups in total. The van der Waals surface area contributed by atoms with Crippen molar-refractivity contribution < 1.29 is 8.42 Å². The van der Waals surface area contributed by atoms with E-state index in [2.05, 4.69) is 39.9 Å². The fraction of sp³-hybridized carbons (Fsp3) is 0.353. The second kappa shape index (κ2) is 8.15. The molecule has 0 saturated carbocycles. The number of fused-ring (bicyclic) bond motifs is 1. The standard InChI is InChI=1S/C17H21N3O2S.HI/c1-18-17(20-15-9-10-23(21,22)12-15)19-11-14-7-4-6-13-5-2-3-8-16(13)14;/h2-8,15H,9-12H2,1H3,(H2,18,19,20);1H. The molecule has 2 aromatic rings. The van der Waals surface area contributed by atoms with E-state index in [1.165, 1.54) is 16.3 Å². The summed E-state index contributed by atoms with van der Waals surface area (Å²) in [7, 11) is -1.19. The van der Waals surface area contributed by atoms with Crippen molar-refractivity contribution in [2.45, 2.75) is 19.0 Å². The Balaban J connectivity index is 0.00000208. The number of nitrogens with zero attached hydrogens (tertiary/aromatic N) is 1. The lowest BCUT2D eigenvalue weighted by Crippen LogP contribution is -2.43. The van der Waals surface area contributed by atoms with Crippen LogP contribution < -0.4 is 10.6 Å². The molecule has 1 heterocycles. The second-order valence-corrected chi connectivity index (χ2v) is 8.04. The van der Waals surface area contributed by atoms with Gasteiger partial charge in [-0.25, -0.2) is 8.42 Å². The molecule has 0 amide bonds. The second-order valence-electron chi connectivity index (χ2n) is 5.81. The van der Waals surface area contributed by atoms with Crippen LogP contribution in [-0.4, -0.2) is 39.0 Å². The molecule has 3 rings (SSSR count). The van der Waals surface area contributed by atoms with Gasteiger partial charge in [-0.2, -0.15) is 0 Å². The summed E-state index contributed by atoms with van der Waals surface area (Å²) >= 11 is 0. The van der Waals surface area contributed by atoms with Crippen LogP contribution in [0.5, 0.6) is 0 Å². The number of guanidine groups is 1. The first-order chi connectivity index (χ1) is 11.1. The molecule has 1 aliphatic heterocycles. The Morgan fingerprint density at radius 2 is 1.96 bits per heavy atom. The molecule has 1 fully saturated rings. The van der Waals surface area contributed by atoms with Crippen molar-refractivity contribution in [2.75, 3.05) is 18.6 Å². The van der Waals surface area contributed by atoms with Crippen molar-refractivity contribution in [3.8, 4) is 0 Å². The fourth-order valence-corrected chi connectivity index (χ4v) is 4.60. The van der Waals surface area contributed by atoms with Crippen LogP contribution >= 0.6 is 24.0 Å². The van der Waals surface area contributed by atoms with Crippen molar-refractivity contribution >= 4 is 50.5 Å². The molecule has 1 saturated heterocycles. The van der Waals surface area contributed by atoms with Crippen LogP contribution in [0.1, 0.15) is 12.0 Å². The Kier molecular flexibility index (Phi) is 6.45. The molecule has 0 spiro atoms. The average molecular weight is 459 g/mol. The SMILES string of the molecule is CN=C(NCc1cccc2ccccc12)NC1CCS(=O)(=O)C1.I. The normalized spacial score (nSPS) is 19.7. The van der Waals surface area contributed by atoms with Gasteiger partial charge in [0, 0.05) is 19.6 Å². The van der Waals surface area contributed by atoms with Gasteiger partial charge in [-0.15, -0.1) is 24.0 Å². The number of hydrogen-bond acceptors (Lipinski definition) is 3. The van der Waals surface area contributed by atoms with Gasteiger partial charge in [0.25, 0.3) is 0 Å². The van der Waals surface area contributed by atoms with Gasteiger partial charge < -0.3 is 10.6 Å². The van der Waals surface area contributed by atoms with Crippen molar-refractivity contribution in [1.29, 1.82) is 0 Å². The minimum Gasteiger partial charge on any atom is -0.353 e. The zero-order valence-electron chi connectivity index (χ0n) is 13.5. The summed E-state index contributed by atoms with van der Waals surface area (Å²) in [5.41, 5.74) is 1.19. The summed E-state index contributed by atoms with van der Waals surface area (Å²) in [6, 6.07) is 14.4. The van der Waals surface area contributed by atoms with E-state index in [0.29, 0.717) is 18.9 Å². The van der Waals surface area contributed by atoms with E-state index in [0.717, 1.165) is 0 Å². The van der Waals surface area contributed by atoms with E-state index in [9.17, 15) is 8.42 Å². The first-order valence-electron chi connectivity index (χ1n) is 7.72. The molecule has 5 nitrogen and oxygen atoms in total. The first kappa shape index (κ1) is 19.0. The minimum atomic E-state index is -2.89. The van der Waals surface area contributed by atoms with Crippen molar-refractivity contribution in [1.82, 2.24) is 10.6 Å². The number of hydrogen-bond donors (Lipinski definition) is 2. The highest BCUT2D eigenvalue weighted by atomic mass is 127. The molecule has 24 heavy (non-hydrogen) atoms. The van der Waals surface area contributed by atoms with E-state index >= 15 is 0 Å². The smallest absolute Gasteiger partial charge is 0.191 e. The van der Waals surface area contributed by atoms with Crippen LogP contribution in [0.25, 0.3) is 10.8 Å². The lowest BCUT2D eigenvalue weighted by molar-refractivity contribution is 0.599. The molecule has 130 valence electrons. The van der Waals surface area contributed by atoms with Gasteiger partial charge in [-0.1, -0.05) is 42.5 Å². The number of benzene rings is 2. The Bertz CT molecular complexity index is 831. The number of nitrogens with one attached hydrogen (secondary N) is 2. The highest BCUT2D eigenvalue weighted by molar-refractivity contribution is 14.0. The maximum atomic E-state index is 11.5. The number of aliphatic imine (C=N–C) groups is 1. The van der Waals surface area contributed by atoms with Crippen LogP contribution in [0.15, 0.2) is 47.5 Å². The van der Waals surface area contributed by atoms with E-state index in [4.69, 9.17) is 0 Å². The van der Waals surface area contributed by atoms with Gasteiger partial charge in [0.2, 0.25) is 0 Å². The van der Waals surface area contributed by atoms with Crippen LogP contribution in [0.4, 0.5) is 0 Å². The van der Waals surface area contributed by atoms with Gasteiger partial charge in [-0.05, 0) is 22.8 Å². The molecular weight excluding hydrogens is 437 g/mol. The van der Waals surface area contributed by atoms with Gasteiger partial charge in [-0.3, -0.25) is 4.99 Å². The Labute approximate surface area is 159 Å². The molecule has 1 unspecified atom stereocenters. The topological polar surface area (TPSA) is 70.6 Å². The molecule has 0 aromatic heterocycles. The number of halogens is 1. The van der Waals surface area contributed by atoms with Crippen molar-refractivity contribution in [3.05, 3.63) is 48.0 Å². The Morgan fingerprint density at radius 1 is 1.21 bits per heavy atom. The predicted molar refractivity (Wildman–Crippen MR) is 110 cm³/mol. The lowest BCUT2D eigenvalue weighted by atomic mass is 10.0. The van der Waals surface area contributed by atoms with Gasteiger partial charge in [0.15, 0.2) is 15.8 Å². The van der Waals surface area contributed by atoms with Crippen LogP contribution in [0.2, 0.25) is 0 Å². The third kappa shape index (κ3) is 4.60. The predicted octanol–water partition coefficient (Wildman–Crippen LogP) is 2.31. The van der Waals surface area contributed by atoms with Gasteiger partial charge in [0.05, 0.1) is 11.5 Å². The third-order valence-corrected chi connectivity index (χ3v) is 5.89. The average Bonchev–Trinajstić information content (AvgIpc) is 2.90. The Hall–Kier alpha value is -1.35. The van der Waals surface area contributed by atoms with Crippen molar-refractivity contribution in [3.63, 3.8) is 0 Å². The van der Waals surface area contributed by atoms with Crippen LogP contribution in [-0.2, 0) is 16.4 Å². The summed E-state index contributed by atoms with van der Waals surface area (Å²) in [5.74, 6) is 1.08. The zero-order chi connectivity index (χ0) is 16.3. The molecule has 1 aliphatic rings. The fourth-order valence-electron chi connectivity index (χ4n) is 2.92. The molecular formula is C17H22IN3O2S. The quantitative estimate of drug-likeness (QED) is 0.420. The highest BCUT2D eigenvalue weighted by Gasteiger charge is 2.28. The summed E-state index contributed by atoms with van der Waals surface area (Å²) in [6.45, 7) is 0.639. The molecule has 2 aromatic carbocycles. The molecule has 7 heteroatoms. The number of rotatable bonds is 3. The van der Waals surface area contributed by atoms with E-state index in [1.807, 2.05) is 18.2 Å². The third-order valence-electron chi connectivity index (χ3n) is 4.12. The van der Waals surface area contributed by atoms with E-state index in [1.54, 1.807) is 7.05 Å². The van der Waals surface area contributed by atoms with Gasteiger partial charge >= 0.3 is 0 Å². The molecule has 1 atom stereocenters. The minimum absolute atomic E-state index is 0. The van der Waals surface area contributed by atoms with Crippen LogP contribution in [0.3, 0.4) is 0 Å². The summed E-state index contributed by atoms with van der Waals surface area (Å²) < 4.78 is 23.1. The summed E-state index contributed by atoms with van der Waals surface area (Å²) in [6.07, 6.45) is 0.636. The largest absolute Gasteiger partial charge is 0.353 e. The zero-order valence-corrected chi connectivity index (χ0v) is 16.7. The summed E-state index contributed by atoms with van der Waals surface area (Å²) in [4.78, 5) is 4.19. The number of sulfone groups is 1. The first-order valence-corrected chi connectivity index (χ1v) is 9.54. The molecule has 0 bridgehead atoms. The molecule has 0 aliphatic carbocycles.